The summed E-state index contributed by atoms with van der Waals surface area (Å²) in [5.74, 6) is 0.144. The van der Waals surface area contributed by atoms with Crippen LogP contribution in [0.2, 0.25) is 0 Å². The fraction of sp³-hybridized carbons (Fsp3) is 0.667. The van der Waals surface area contributed by atoms with Gasteiger partial charge in [0.15, 0.2) is 6.04 Å². The lowest BCUT2D eigenvalue weighted by molar-refractivity contribution is -0.918. The van der Waals surface area contributed by atoms with Gasteiger partial charge >= 0.3 is 0 Å². The molecule has 1 aliphatic rings. The molecule has 0 spiro atoms. The molecule has 158 valence electrons. The van der Waals surface area contributed by atoms with Crippen molar-refractivity contribution >= 4 is 15.9 Å². The van der Waals surface area contributed by atoms with Crippen molar-refractivity contribution in [2.45, 2.75) is 71.5 Å². The lowest BCUT2D eigenvalue weighted by Gasteiger charge is -2.38. The minimum Gasteiger partial charge on any atom is -0.333 e. The standard InChI is InChI=1S/C21H35N3O3S/c1-15(2)24(16(3)4)21(25)19(7)22-10-12-23(13-11-22)28(26,27)20-9-8-17(5)18(6)14-20/h8-9,14-16,19H,10-13H2,1-7H3/p+1/t19-/m1/s1. The van der Waals surface area contributed by atoms with Gasteiger partial charge in [-0.3, -0.25) is 4.79 Å². The molecule has 7 heteroatoms. The van der Waals surface area contributed by atoms with Crippen LogP contribution < -0.4 is 4.90 Å². The van der Waals surface area contributed by atoms with Gasteiger partial charge in [0, 0.05) is 12.1 Å². The van der Waals surface area contributed by atoms with E-state index < -0.39 is 10.0 Å². The third kappa shape index (κ3) is 4.75. The molecule has 0 aromatic heterocycles. The highest BCUT2D eigenvalue weighted by molar-refractivity contribution is 7.89. The molecule has 1 heterocycles. The van der Waals surface area contributed by atoms with Gasteiger partial charge in [0.2, 0.25) is 10.0 Å². The van der Waals surface area contributed by atoms with Crippen molar-refractivity contribution in [3.63, 3.8) is 0 Å². The predicted octanol–water partition coefficient (Wildman–Crippen LogP) is 1.23. The Morgan fingerprint density at radius 1 is 1.00 bits per heavy atom. The summed E-state index contributed by atoms with van der Waals surface area (Å²) in [5, 5.41) is 0. The minimum absolute atomic E-state index is 0.144. The van der Waals surface area contributed by atoms with E-state index in [-0.39, 0.29) is 24.0 Å². The first-order valence-corrected chi connectivity index (χ1v) is 11.6. The van der Waals surface area contributed by atoms with Crippen LogP contribution in [0, 0.1) is 13.8 Å². The van der Waals surface area contributed by atoms with Gasteiger partial charge in [-0.15, -0.1) is 0 Å². The molecule has 0 bridgehead atoms. The van der Waals surface area contributed by atoms with Crippen molar-refractivity contribution in [1.82, 2.24) is 9.21 Å². The molecule has 28 heavy (non-hydrogen) atoms. The van der Waals surface area contributed by atoms with Crippen LogP contribution in [0.15, 0.2) is 23.1 Å². The molecule has 1 saturated heterocycles. The second kappa shape index (κ2) is 8.93. The lowest BCUT2D eigenvalue weighted by atomic mass is 10.1. The molecule has 0 unspecified atom stereocenters. The van der Waals surface area contributed by atoms with Crippen molar-refractivity contribution in [2.24, 2.45) is 0 Å². The van der Waals surface area contributed by atoms with Crippen molar-refractivity contribution in [3.8, 4) is 0 Å². The first-order chi connectivity index (χ1) is 13.0. The summed E-state index contributed by atoms with van der Waals surface area (Å²) in [6.45, 7) is 16.2. The zero-order chi connectivity index (χ0) is 21.2. The number of nitrogens with zero attached hydrogens (tertiary/aromatic N) is 2. The largest absolute Gasteiger partial charge is 0.333 e. The molecule has 1 aliphatic heterocycles. The molecule has 0 radical (unpaired) electrons. The number of sulfonamides is 1. The molecule has 1 atom stereocenters. The predicted molar refractivity (Wildman–Crippen MR) is 112 cm³/mol. The van der Waals surface area contributed by atoms with Gasteiger partial charge in [-0.05, 0) is 71.7 Å². The van der Waals surface area contributed by atoms with Crippen molar-refractivity contribution < 1.29 is 18.1 Å². The Bertz CT molecular complexity index is 789. The number of rotatable bonds is 6. The molecule has 1 aromatic rings. The van der Waals surface area contributed by atoms with Gasteiger partial charge in [0.05, 0.1) is 31.1 Å². The van der Waals surface area contributed by atoms with Crippen LogP contribution in [-0.2, 0) is 14.8 Å². The van der Waals surface area contributed by atoms with Crippen LogP contribution in [0.3, 0.4) is 0 Å². The van der Waals surface area contributed by atoms with Gasteiger partial charge in [0.25, 0.3) is 5.91 Å². The lowest BCUT2D eigenvalue weighted by Crippen LogP contribution is -3.19. The number of hydrogen-bond donors (Lipinski definition) is 1. The third-order valence-electron chi connectivity index (χ3n) is 5.83. The summed E-state index contributed by atoms with van der Waals surface area (Å²) in [7, 11) is -3.49. The van der Waals surface area contributed by atoms with Gasteiger partial charge < -0.3 is 9.80 Å². The summed E-state index contributed by atoms with van der Waals surface area (Å²) in [6, 6.07) is 5.43. The Labute approximate surface area is 170 Å². The molecule has 6 nitrogen and oxygen atoms in total. The van der Waals surface area contributed by atoms with E-state index in [1.54, 1.807) is 16.4 Å². The summed E-state index contributed by atoms with van der Waals surface area (Å²) >= 11 is 0. The van der Waals surface area contributed by atoms with Gasteiger partial charge in [-0.2, -0.15) is 4.31 Å². The highest BCUT2D eigenvalue weighted by Crippen LogP contribution is 2.19. The quantitative estimate of drug-likeness (QED) is 0.767. The van der Waals surface area contributed by atoms with Crippen LogP contribution in [0.5, 0.6) is 0 Å². The fourth-order valence-corrected chi connectivity index (χ4v) is 5.50. The highest BCUT2D eigenvalue weighted by atomic mass is 32.2. The summed E-state index contributed by atoms with van der Waals surface area (Å²) in [4.78, 5) is 16.4. The molecular weight excluding hydrogens is 374 g/mol. The third-order valence-corrected chi connectivity index (χ3v) is 7.73. The zero-order valence-electron chi connectivity index (χ0n) is 18.3. The van der Waals surface area contributed by atoms with E-state index in [9.17, 15) is 13.2 Å². The molecule has 0 saturated carbocycles. The number of nitrogens with one attached hydrogen (secondary N) is 1. The maximum Gasteiger partial charge on any atom is 0.281 e. The zero-order valence-corrected chi connectivity index (χ0v) is 19.1. The van der Waals surface area contributed by atoms with Gasteiger partial charge in [0.1, 0.15) is 0 Å². The molecule has 2 rings (SSSR count). The van der Waals surface area contributed by atoms with E-state index in [0.29, 0.717) is 31.1 Å². The first kappa shape index (κ1) is 22.8. The smallest absolute Gasteiger partial charge is 0.281 e. The minimum atomic E-state index is -3.49. The van der Waals surface area contributed by atoms with Crippen LogP contribution >= 0.6 is 0 Å². The van der Waals surface area contributed by atoms with E-state index in [4.69, 9.17) is 0 Å². The van der Waals surface area contributed by atoms with E-state index in [1.807, 2.05) is 59.4 Å². The van der Waals surface area contributed by atoms with Crippen LogP contribution in [-0.4, -0.2) is 67.8 Å². The summed E-state index contributed by atoms with van der Waals surface area (Å²) in [6.07, 6.45) is 0. The Morgan fingerprint density at radius 3 is 2.00 bits per heavy atom. The Kier molecular flexibility index (Phi) is 7.28. The number of benzene rings is 1. The van der Waals surface area contributed by atoms with Crippen LogP contribution in [0.1, 0.15) is 45.7 Å². The summed E-state index contributed by atoms with van der Waals surface area (Å²) in [5.41, 5.74) is 2.06. The fourth-order valence-electron chi connectivity index (χ4n) is 3.97. The monoisotopic (exact) mass is 410 g/mol. The average molecular weight is 411 g/mol. The Morgan fingerprint density at radius 2 is 1.54 bits per heavy atom. The van der Waals surface area contributed by atoms with E-state index in [2.05, 4.69) is 0 Å². The van der Waals surface area contributed by atoms with Crippen molar-refractivity contribution in [3.05, 3.63) is 29.3 Å². The number of carbonyl (C=O) groups is 1. The highest BCUT2D eigenvalue weighted by Gasteiger charge is 2.37. The van der Waals surface area contributed by atoms with E-state index >= 15 is 0 Å². The van der Waals surface area contributed by atoms with Gasteiger partial charge in [-0.25, -0.2) is 8.42 Å². The second-order valence-electron chi connectivity index (χ2n) is 8.46. The maximum absolute atomic E-state index is 13.0. The van der Waals surface area contributed by atoms with Crippen molar-refractivity contribution in [1.29, 1.82) is 0 Å². The number of quaternary nitrogens is 1. The first-order valence-electron chi connectivity index (χ1n) is 10.2. The molecule has 1 N–H and O–H groups in total. The van der Waals surface area contributed by atoms with E-state index in [1.165, 1.54) is 0 Å². The summed E-state index contributed by atoms with van der Waals surface area (Å²) < 4.78 is 27.5. The molecule has 1 amide bonds. The number of aryl methyl sites for hydroxylation is 2. The van der Waals surface area contributed by atoms with Crippen LogP contribution in [0.4, 0.5) is 0 Å². The van der Waals surface area contributed by atoms with Crippen LogP contribution in [0.25, 0.3) is 0 Å². The molecule has 0 aliphatic carbocycles. The Hall–Kier alpha value is -1.44. The van der Waals surface area contributed by atoms with E-state index in [0.717, 1.165) is 16.0 Å². The molecule has 1 fully saturated rings. The topological polar surface area (TPSA) is 62.1 Å². The number of carbonyl (C=O) groups excluding carboxylic acids is 1. The van der Waals surface area contributed by atoms with Crippen molar-refractivity contribution in [2.75, 3.05) is 26.2 Å². The number of piperazine rings is 1. The molecule has 1 aromatic carbocycles. The Balaban J connectivity index is 2.07. The number of hydrogen-bond acceptors (Lipinski definition) is 3. The normalized spacial score (nSPS) is 17.9. The number of amides is 1. The average Bonchev–Trinajstić information content (AvgIpc) is 2.62. The molecular formula is C21H36N3O3S+. The van der Waals surface area contributed by atoms with Gasteiger partial charge in [-0.1, -0.05) is 6.07 Å². The second-order valence-corrected chi connectivity index (χ2v) is 10.4. The SMILES string of the molecule is Cc1ccc(S(=O)(=O)N2CC[NH+]([C@H](C)C(=O)N(C(C)C)C(C)C)CC2)cc1C. The maximum atomic E-state index is 13.0.